The third kappa shape index (κ3) is 3.89. The van der Waals surface area contributed by atoms with Crippen molar-refractivity contribution in [3.05, 3.63) is 71.4 Å². The number of hydrogen-bond donors (Lipinski definition) is 2. The van der Waals surface area contributed by atoms with Gasteiger partial charge in [0.25, 0.3) is 0 Å². The maximum absolute atomic E-state index is 13.7. The molecule has 1 amide bonds. The van der Waals surface area contributed by atoms with E-state index in [0.717, 1.165) is 23.4 Å². The zero-order valence-corrected chi connectivity index (χ0v) is 15.2. The summed E-state index contributed by atoms with van der Waals surface area (Å²) in [6.07, 6.45) is 1.24. The molecular formula is C21H21F2N3O. The van der Waals surface area contributed by atoms with E-state index in [0.29, 0.717) is 29.8 Å². The van der Waals surface area contributed by atoms with Crippen molar-refractivity contribution < 1.29 is 13.6 Å². The van der Waals surface area contributed by atoms with Crippen LogP contribution in [0.15, 0.2) is 48.5 Å². The molecule has 0 saturated heterocycles. The number of carbonyl (C=O) groups excluding carboxylic acids is 1. The van der Waals surface area contributed by atoms with E-state index < -0.39 is 11.6 Å². The summed E-state index contributed by atoms with van der Waals surface area (Å²) < 4.78 is 26.9. The fourth-order valence-electron chi connectivity index (χ4n) is 3.09. The number of rotatable bonds is 6. The zero-order valence-electron chi connectivity index (χ0n) is 15.2. The van der Waals surface area contributed by atoms with Crippen LogP contribution in [0.2, 0.25) is 0 Å². The van der Waals surface area contributed by atoms with Gasteiger partial charge in [0.15, 0.2) is 11.6 Å². The minimum absolute atomic E-state index is 0.163. The van der Waals surface area contributed by atoms with Gasteiger partial charge >= 0.3 is 0 Å². The molecule has 0 fully saturated rings. The maximum Gasteiger partial charge on any atom is 0.232 e. The first-order valence-electron chi connectivity index (χ1n) is 8.93. The number of H-pyrrole nitrogens is 1. The lowest BCUT2D eigenvalue weighted by molar-refractivity contribution is -0.117. The van der Waals surface area contributed by atoms with Crippen molar-refractivity contribution in [1.29, 1.82) is 0 Å². The Bertz CT molecular complexity index is 938. The van der Waals surface area contributed by atoms with Gasteiger partial charge in [0.05, 0.1) is 17.3 Å². The van der Waals surface area contributed by atoms with Crippen molar-refractivity contribution in [2.45, 2.75) is 32.6 Å². The summed E-state index contributed by atoms with van der Waals surface area (Å²) in [7, 11) is 0. The first-order valence-corrected chi connectivity index (χ1v) is 8.93. The van der Waals surface area contributed by atoms with E-state index in [1.54, 1.807) is 0 Å². The van der Waals surface area contributed by atoms with Crippen LogP contribution < -0.4 is 5.32 Å². The fraction of sp³-hybridized carbons (Fsp3) is 0.238. The normalized spacial score (nSPS) is 12.0. The summed E-state index contributed by atoms with van der Waals surface area (Å²) in [5.74, 6) is -2.36. The Morgan fingerprint density at radius 1 is 1.11 bits per heavy atom. The number of hydrogen-bond acceptors (Lipinski definition) is 2. The first kappa shape index (κ1) is 18.8. The molecule has 4 nitrogen and oxygen atoms in total. The second-order valence-electron chi connectivity index (χ2n) is 6.27. The van der Waals surface area contributed by atoms with E-state index in [-0.39, 0.29) is 11.8 Å². The van der Waals surface area contributed by atoms with E-state index in [9.17, 15) is 13.6 Å². The summed E-state index contributed by atoms with van der Waals surface area (Å²) in [4.78, 5) is 12.9. The predicted molar refractivity (Wildman–Crippen MR) is 101 cm³/mol. The van der Waals surface area contributed by atoms with E-state index in [2.05, 4.69) is 15.5 Å². The molecule has 0 spiro atoms. The molecule has 0 bridgehead atoms. The Morgan fingerprint density at radius 2 is 1.85 bits per heavy atom. The van der Waals surface area contributed by atoms with Crippen molar-refractivity contribution in [3.8, 4) is 11.3 Å². The molecule has 0 aliphatic rings. The van der Waals surface area contributed by atoms with Crippen LogP contribution in [0.25, 0.3) is 11.3 Å². The predicted octanol–water partition coefficient (Wildman–Crippen LogP) is 5.05. The van der Waals surface area contributed by atoms with E-state index in [4.69, 9.17) is 0 Å². The van der Waals surface area contributed by atoms with Gasteiger partial charge in [0.2, 0.25) is 5.91 Å². The number of halogens is 2. The van der Waals surface area contributed by atoms with Gasteiger partial charge in [-0.05, 0) is 36.6 Å². The number of nitrogens with zero attached hydrogens (tertiary/aromatic N) is 1. The highest BCUT2D eigenvalue weighted by atomic mass is 19.2. The van der Waals surface area contributed by atoms with Crippen molar-refractivity contribution >= 4 is 11.6 Å². The van der Waals surface area contributed by atoms with Crippen molar-refractivity contribution in [1.82, 2.24) is 10.2 Å². The lowest BCUT2D eigenvalue weighted by atomic mass is 9.95. The molecule has 0 aliphatic heterocycles. The Balaban J connectivity index is 1.95. The van der Waals surface area contributed by atoms with Gasteiger partial charge in [-0.3, -0.25) is 9.89 Å². The van der Waals surface area contributed by atoms with Crippen LogP contribution in [0.5, 0.6) is 0 Å². The monoisotopic (exact) mass is 369 g/mol. The molecule has 0 saturated carbocycles. The van der Waals surface area contributed by atoms with Crippen molar-refractivity contribution in [3.63, 3.8) is 0 Å². The van der Waals surface area contributed by atoms with Gasteiger partial charge < -0.3 is 5.32 Å². The van der Waals surface area contributed by atoms with Crippen LogP contribution in [0.4, 0.5) is 14.5 Å². The molecule has 0 aliphatic carbocycles. The summed E-state index contributed by atoms with van der Waals surface area (Å²) in [6.45, 7) is 3.87. The number of aromatic amines is 1. The lowest BCUT2D eigenvalue weighted by Gasteiger charge is -2.16. The van der Waals surface area contributed by atoms with Crippen LogP contribution in [0, 0.1) is 11.6 Å². The maximum atomic E-state index is 13.7. The molecule has 1 aromatic heterocycles. The highest BCUT2D eigenvalue weighted by Crippen LogP contribution is 2.31. The van der Waals surface area contributed by atoms with Crippen LogP contribution in [-0.4, -0.2) is 16.1 Å². The summed E-state index contributed by atoms with van der Waals surface area (Å²) >= 11 is 0. The molecule has 1 heterocycles. The molecule has 27 heavy (non-hydrogen) atoms. The minimum atomic E-state index is -0.957. The van der Waals surface area contributed by atoms with E-state index in [1.807, 2.05) is 44.2 Å². The third-order valence-electron chi connectivity index (χ3n) is 4.56. The average molecular weight is 369 g/mol. The average Bonchev–Trinajstić information content (AvgIpc) is 3.08. The van der Waals surface area contributed by atoms with E-state index >= 15 is 0 Å². The molecule has 1 atom stereocenters. The Morgan fingerprint density at radius 3 is 2.48 bits per heavy atom. The molecule has 2 N–H and O–H groups in total. The minimum Gasteiger partial charge on any atom is -0.322 e. The topological polar surface area (TPSA) is 57.8 Å². The smallest absolute Gasteiger partial charge is 0.232 e. The number of aryl methyl sites for hydroxylation is 1. The number of benzene rings is 2. The number of aromatic nitrogens is 2. The van der Waals surface area contributed by atoms with Crippen molar-refractivity contribution in [2.75, 3.05) is 5.32 Å². The molecular weight excluding hydrogens is 348 g/mol. The standard InChI is InChI=1S/C21H21F2N3O/c1-3-15(13-8-6-5-7-9-13)21(27)24-20-18(4-2)25-26-19(20)14-10-11-16(22)17(23)12-14/h5-12,15H,3-4H2,1-2H3,(H,24,27)(H,25,26)/t15-/m1/s1. The lowest BCUT2D eigenvalue weighted by Crippen LogP contribution is -2.21. The summed E-state index contributed by atoms with van der Waals surface area (Å²) in [6, 6.07) is 13.1. The Kier molecular flexibility index (Phi) is 5.64. The molecule has 3 aromatic rings. The molecule has 0 unspecified atom stereocenters. The van der Waals surface area contributed by atoms with Crippen LogP contribution in [0.3, 0.4) is 0 Å². The van der Waals surface area contributed by atoms with Gasteiger partial charge in [0, 0.05) is 5.56 Å². The number of carbonyl (C=O) groups is 1. The SMILES string of the molecule is CCc1[nH]nc(-c2ccc(F)c(F)c2)c1NC(=O)[C@H](CC)c1ccccc1. The number of nitrogens with one attached hydrogen (secondary N) is 2. The molecule has 140 valence electrons. The van der Waals surface area contributed by atoms with Gasteiger partial charge in [-0.25, -0.2) is 8.78 Å². The highest BCUT2D eigenvalue weighted by Gasteiger charge is 2.23. The van der Waals surface area contributed by atoms with Gasteiger partial charge in [-0.15, -0.1) is 0 Å². The second-order valence-corrected chi connectivity index (χ2v) is 6.27. The Hall–Kier alpha value is -3.02. The van der Waals surface area contributed by atoms with Crippen molar-refractivity contribution in [2.24, 2.45) is 0 Å². The first-order chi connectivity index (χ1) is 13.0. The molecule has 3 rings (SSSR count). The fourth-order valence-corrected chi connectivity index (χ4v) is 3.09. The molecule has 2 aromatic carbocycles. The Labute approximate surface area is 156 Å². The van der Waals surface area contributed by atoms with Gasteiger partial charge in [0.1, 0.15) is 5.69 Å². The number of anilines is 1. The second kappa shape index (κ2) is 8.12. The molecule has 0 radical (unpaired) electrons. The zero-order chi connectivity index (χ0) is 19.4. The quantitative estimate of drug-likeness (QED) is 0.639. The van der Waals surface area contributed by atoms with E-state index in [1.165, 1.54) is 6.07 Å². The van der Waals surface area contributed by atoms with Crippen LogP contribution >= 0.6 is 0 Å². The highest BCUT2D eigenvalue weighted by molar-refractivity contribution is 5.99. The third-order valence-corrected chi connectivity index (χ3v) is 4.56. The van der Waals surface area contributed by atoms with Gasteiger partial charge in [-0.1, -0.05) is 44.2 Å². The summed E-state index contributed by atoms with van der Waals surface area (Å²) in [5.41, 5.74) is 2.94. The molecule has 6 heteroatoms. The summed E-state index contributed by atoms with van der Waals surface area (Å²) in [5, 5.41) is 10.0. The number of amides is 1. The van der Waals surface area contributed by atoms with Gasteiger partial charge in [-0.2, -0.15) is 5.10 Å². The van der Waals surface area contributed by atoms with Crippen LogP contribution in [-0.2, 0) is 11.2 Å². The largest absolute Gasteiger partial charge is 0.322 e. The van der Waals surface area contributed by atoms with Crippen LogP contribution in [0.1, 0.15) is 37.4 Å².